The molecule has 5 rings (SSSR count). The quantitative estimate of drug-likeness (QED) is 0.472. The average Bonchev–Trinajstić information content (AvgIpc) is 3.29. The number of hydrogen-bond donors (Lipinski definition) is 1. The molecule has 0 saturated carbocycles. The first-order valence-electron chi connectivity index (χ1n) is 11.5. The molecular formula is C25H27FN6O2. The van der Waals surface area contributed by atoms with E-state index >= 15 is 0 Å². The molecule has 0 spiro atoms. The van der Waals surface area contributed by atoms with Crippen LogP contribution in [0.2, 0.25) is 0 Å². The van der Waals surface area contributed by atoms with Gasteiger partial charge in [0, 0.05) is 16.5 Å². The Labute approximate surface area is 196 Å². The van der Waals surface area contributed by atoms with Crippen LogP contribution in [0.1, 0.15) is 42.8 Å². The Kier molecular flexibility index (Phi) is 6.10. The van der Waals surface area contributed by atoms with Crippen LogP contribution in [0.5, 0.6) is 5.75 Å². The van der Waals surface area contributed by atoms with Crippen molar-refractivity contribution < 1.29 is 9.13 Å². The van der Waals surface area contributed by atoms with Gasteiger partial charge in [0.15, 0.2) is 5.82 Å². The summed E-state index contributed by atoms with van der Waals surface area (Å²) in [5.41, 5.74) is 2.03. The first kappa shape index (κ1) is 22.2. The van der Waals surface area contributed by atoms with Crippen LogP contribution in [0.25, 0.3) is 10.9 Å². The van der Waals surface area contributed by atoms with Crippen molar-refractivity contribution in [3.63, 3.8) is 0 Å². The van der Waals surface area contributed by atoms with Crippen molar-refractivity contribution in [1.29, 1.82) is 0 Å². The third-order valence-corrected chi connectivity index (χ3v) is 6.61. The number of aromatic nitrogens is 5. The Hall–Kier alpha value is -3.59. The molecule has 9 heteroatoms. The highest BCUT2D eigenvalue weighted by Gasteiger charge is 2.32. The van der Waals surface area contributed by atoms with Crippen molar-refractivity contribution in [2.45, 2.75) is 32.4 Å². The van der Waals surface area contributed by atoms with Crippen LogP contribution in [-0.4, -0.2) is 50.3 Å². The summed E-state index contributed by atoms with van der Waals surface area (Å²) in [4.78, 5) is 18.6. The molecule has 2 aromatic carbocycles. The normalized spacial score (nSPS) is 16.1. The maximum atomic E-state index is 13.4. The maximum Gasteiger partial charge on any atom is 0.253 e. The predicted molar refractivity (Wildman–Crippen MR) is 126 cm³/mol. The molecule has 1 saturated heterocycles. The lowest BCUT2D eigenvalue weighted by Gasteiger charge is -2.35. The van der Waals surface area contributed by atoms with Gasteiger partial charge in [-0.2, -0.15) is 0 Å². The summed E-state index contributed by atoms with van der Waals surface area (Å²) in [6.45, 7) is 4.30. The molecule has 176 valence electrons. The molecule has 0 bridgehead atoms. The van der Waals surface area contributed by atoms with E-state index in [1.165, 1.54) is 12.1 Å². The summed E-state index contributed by atoms with van der Waals surface area (Å²) in [7, 11) is 1.62. The lowest BCUT2D eigenvalue weighted by molar-refractivity contribution is 0.149. The Morgan fingerprint density at radius 1 is 1.15 bits per heavy atom. The number of fused-ring (bicyclic) bond motifs is 1. The number of likely N-dealkylation sites (tertiary alicyclic amines) is 1. The van der Waals surface area contributed by atoms with E-state index in [9.17, 15) is 9.18 Å². The van der Waals surface area contributed by atoms with E-state index in [0.717, 1.165) is 48.1 Å². The first-order chi connectivity index (χ1) is 16.5. The number of methoxy groups -OCH3 is 1. The highest BCUT2D eigenvalue weighted by molar-refractivity contribution is 5.80. The van der Waals surface area contributed by atoms with Crippen LogP contribution >= 0.6 is 0 Å². The van der Waals surface area contributed by atoms with Gasteiger partial charge in [0.2, 0.25) is 0 Å². The number of rotatable bonds is 6. The summed E-state index contributed by atoms with van der Waals surface area (Å²) in [5.74, 6) is 1.65. The average molecular weight is 463 g/mol. The number of piperidine rings is 1. The van der Waals surface area contributed by atoms with E-state index in [0.29, 0.717) is 23.9 Å². The first-order valence-corrected chi connectivity index (χ1v) is 11.5. The van der Waals surface area contributed by atoms with E-state index in [1.807, 2.05) is 24.3 Å². The van der Waals surface area contributed by atoms with E-state index in [2.05, 4.69) is 32.3 Å². The number of benzene rings is 2. The fourth-order valence-corrected chi connectivity index (χ4v) is 4.60. The standard InChI is InChI=1S/C25H27FN6O2/c1-16-9-11-31(12-10-16)23(21-14-18-13-20(34-2)7-8-22(18)27-25(21)33)24-28-29-30-32(24)15-17-3-5-19(26)6-4-17/h3-8,13-14,16,23H,9-12,15H2,1-2H3,(H,27,33)/t23-/m1/s1. The monoisotopic (exact) mass is 462 g/mol. The zero-order chi connectivity index (χ0) is 23.7. The minimum Gasteiger partial charge on any atom is -0.497 e. The van der Waals surface area contributed by atoms with Gasteiger partial charge in [-0.3, -0.25) is 9.69 Å². The summed E-state index contributed by atoms with van der Waals surface area (Å²) >= 11 is 0. The van der Waals surface area contributed by atoms with E-state index in [-0.39, 0.29) is 11.4 Å². The van der Waals surface area contributed by atoms with Gasteiger partial charge in [0.1, 0.15) is 17.6 Å². The summed E-state index contributed by atoms with van der Waals surface area (Å²) in [5, 5.41) is 13.4. The van der Waals surface area contributed by atoms with Gasteiger partial charge in [0.05, 0.1) is 13.7 Å². The lowest BCUT2D eigenvalue weighted by Crippen LogP contribution is -2.40. The summed E-state index contributed by atoms with van der Waals surface area (Å²) < 4.78 is 20.5. The largest absolute Gasteiger partial charge is 0.497 e. The minimum absolute atomic E-state index is 0.169. The van der Waals surface area contributed by atoms with Gasteiger partial charge in [-0.05, 0) is 84.2 Å². The molecule has 1 N–H and O–H groups in total. The fraction of sp³-hybridized carbons (Fsp3) is 0.360. The van der Waals surface area contributed by atoms with Crippen molar-refractivity contribution in [3.05, 3.63) is 81.7 Å². The molecule has 4 aromatic rings. The van der Waals surface area contributed by atoms with Gasteiger partial charge in [-0.25, -0.2) is 9.07 Å². The number of H-pyrrole nitrogens is 1. The second-order valence-electron chi connectivity index (χ2n) is 8.95. The Morgan fingerprint density at radius 3 is 2.65 bits per heavy atom. The van der Waals surface area contributed by atoms with Crippen LogP contribution in [-0.2, 0) is 6.54 Å². The lowest BCUT2D eigenvalue weighted by atomic mass is 9.95. The van der Waals surface area contributed by atoms with Gasteiger partial charge in [0.25, 0.3) is 5.56 Å². The molecule has 1 aliphatic rings. The van der Waals surface area contributed by atoms with E-state index < -0.39 is 6.04 Å². The Bertz CT molecular complexity index is 1340. The summed E-state index contributed by atoms with van der Waals surface area (Å²) in [6, 6.07) is 13.3. The number of tetrazole rings is 1. The van der Waals surface area contributed by atoms with Crippen LogP contribution < -0.4 is 10.3 Å². The van der Waals surface area contributed by atoms with Crippen LogP contribution in [0.15, 0.2) is 53.3 Å². The Balaban J connectivity index is 1.60. The third kappa shape index (κ3) is 4.43. The van der Waals surface area contributed by atoms with Gasteiger partial charge >= 0.3 is 0 Å². The molecule has 1 aliphatic heterocycles. The molecule has 3 heterocycles. The van der Waals surface area contributed by atoms with Gasteiger partial charge < -0.3 is 9.72 Å². The molecule has 0 amide bonds. The topological polar surface area (TPSA) is 88.9 Å². The summed E-state index contributed by atoms with van der Waals surface area (Å²) in [6.07, 6.45) is 2.07. The maximum absolute atomic E-state index is 13.4. The number of hydrogen-bond acceptors (Lipinski definition) is 6. The molecule has 0 radical (unpaired) electrons. The zero-order valence-electron chi connectivity index (χ0n) is 19.2. The van der Waals surface area contributed by atoms with Crippen LogP contribution in [0.4, 0.5) is 4.39 Å². The smallest absolute Gasteiger partial charge is 0.253 e. The minimum atomic E-state index is -0.415. The second-order valence-corrected chi connectivity index (χ2v) is 8.95. The second kappa shape index (κ2) is 9.34. The van der Waals surface area contributed by atoms with Crippen molar-refractivity contribution in [2.24, 2.45) is 5.92 Å². The van der Waals surface area contributed by atoms with Crippen LogP contribution in [0, 0.1) is 11.7 Å². The predicted octanol–water partition coefficient (Wildman–Crippen LogP) is 3.53. The highest BCUT2D eigenvalue weighted by Crippen LogP contribution is 2.31. The molecule has 8 nitrogen and oxygen atoms in total. The van der Waals surface area contributed by atoms with Crippen molar-refractivity contribution in [2.75, 3.05) is 20.2 Å². The van der Waals surface area contributed by atoms with Gasteiger partial charge in [-0.15, -0.1) is 5.10 Å². The molecule has 1 fully saturated rings. The van der Waals surface area contributed by atoms with E-state index in [4.69, 9.17) is 4.74 Å². The zero-order valence-corrected chi connectivity index (χ0v) is 19.2. The number of nitrogens with zero attached hydrogens (tertiary/aromatic N) is 5. The molecule has 2 aromatic heterocycles. The molecule has 1 atom stereocenters. The number of aromatic amines is 1. The van der Waals surface area contributed by atoms with Crippen molar-refractivity contribution in [3.8, 4) is 5.75 Å². The third-order valence-electron chi connectivity index (χ3n) is 6.61. The van der Waals surface area contributed by atoms with Crippen molar-refractivity contribution in [1.82, 2.24) is 30.1 Å². The molecule has 0 unspecified atom stereocenters. The van der Waals surface area contributed by atoms with Crippen molar-refractivity contribution >= 4 is 10.9 Å². The fourth-order valence-electron chi connectivity index (χ4n) is 4.60. The number of ether oxygens (including phenoxy) is 1. The Morgan fingerprint density at radius 2 is 1.91 bits per heavy atom. The highest BCUT2D eigenvalue weighted by atomic mass is 19.1. The van der Waals surface area contributed by atoms with Gasteiger partial charge in [-0.1, -0.05) is 19.1 Å². The molecular weight excluding hydrogens is 435 g/mol. The number of pyridine rings is 1. The van der Waals surface area contributed by atoms with Crippen LogP contribution in [0.3, 0.4) is 0 Å². The molecule has 0 aliphatic carbocycles. The molecule has 34 heavy (non-hydrogen) atoms. The number of halogens is 1. The number of nitrogens with one attached hydrogen (secondary N) is 1. The SMILES string of the molecule is COc1ccc2[nH]c(=O)c([C@H](c3nnnn3Cc3ccc(F)cc3)N3CCC(C)CC3)cc2c1. The van der Waals surface area contributed by atoms with E-state index in [1.54, 1.807) is 23.9 Å².